The van der Waals surface area contributed by atoms with E-state index in [0.717, 1.165) is 38.1 Å². The first-order valence-electron chi connectivity index (χ1n) is 9.66. The normalized spacial score (nSPS) is 15.4. The van der Waals surface area contributed by atoms with Crippen LogP contribution in [0.5, 0.6) is 0 Å². The first-order chi connectivity index (χ1) is 15.1. The predicted octanol–water partition coefficient (Wildman–Crippen LogP) is 7.10. The molecule has 0 radical (unpaired) electrons. The van der Waals surface area contributed by atoms with E-state index in [0.29, 0.717) is 16.4 Å². The van der Waals surface area contributed by atoms with Gasteiger partial charge in [0.25, 0.3) is 11.1 Å². The van der Waals surface area contributed by atoms with Crippen molar-refractivity contribution in [2.45, 2.75) is 6.54 Å². The van der Waals surface area contributed by atoms with E-state index in [1.54, 1.807) is 12.1 Å². The fraction of sp³-hybridized carbons (Fsp3) is 0.0400. The summed E-state index contributed by atoms with van der Waals surface area (Å²) in [5.41, 5.74) is 1.88. The first kappa shape index (κ1) is 19.8. The lowest BCUT2D eigenvalue weighted by molar-refractivity contribution is -0.123. The number of hydrogen-bond donors (Lipinski definition) is 0. The van der Waals surface area contributed by atoms with Crippen LogP contribution in [-0.2, 0) is 11.3 Å². The van der Waals surface area contributed by atoms with E-state index in [4.69, 9.17) is 4.42 Å². The van der Waals surface area contributed by atoms with Crippen LogP contribution in [0.4, 0.5) is 4.79 Å². The fourth-order valence-electron chi connectivity index (χ4n) is 3.57. The number of halogens is 1. The molecule has 1 saturated heterocycles. The Balaban J connectivity index is 1.39. The van der Waals surface area contributed by atoms with Crippen LogP contribution in [0.1, 0.15) is 11.3 Å². The summed E-state index contributed by atoms with van der Waals surface area (Å²) >= 11 is 4.36. The highest BCUT2D eigenvalue weighted by Crippen LogP contribution is 2.35. The molecule has 0 aliphatic carbocycles. The SMILES string of the molecule is O=C1S/C(=C/c2ccc(-c3ccc(Br)cc3)o2)C(=O)N1Cc1cccc2ccccc12. The average Bonchev–Trinajstić information content (AvgIpc) is 3.35. The Morgan fingerprint density at radius 1 is 0.903 bits per heavy atom. The molecule has 0 spiro atoms. The van der Waals surface area contributed by atoms with Gasteiger partial charge in [0, 0.05) is 16.1 Å². The van der Waals surface area contributed by atoms with Gasteiger partial charge < -0.3 is 4.42 Å². The van der Waals surface area contributed by atoms with Gasteiger partial charge in [0.05, 0.1) is 11.4 Å². The van der Waals surface area contributed by atoms with E-state index in [-0.39, 0.29) is 17.7 Å². The summed E-state index contributed by atoms with van der Waals surface area (Å²) in [6.45, 7) is 0.242. The van der Waals surface area contributed by atoms with Crippen LogP contribution in [-0.4, -0.2) is 16.0 Å². The molecule has 0 atom stereocenters. The van der Waals surface area contributed by atoms with Crippen LogP contribution in [0.3, 0.4) is 0 Å². The lowest BCUT2D eigenvalue weighted by atomic mass is 10.0. The summed E-state index contributed by atoms with van der Waals surface area (Å²) in [5, 5.41) is 1.85. The molecule has 0 bridgehead atoms. The van der Waals surface area contributed by atoms with E-state index in [2.05, 4.69) is 15.9 Å². The minimum atomic E-state index is -0.301. The minimum Gasteiger partial charge on any atom is -0.457 e. The third-order valence-corrected chi connectivity index (χ3v) is 6.55. The Morgan fingerprint density at radius 2 is 1.68 bits per heavy atom. The van der Waals surface area contributed by atoms with Gasteiger partial charge in [-0.05, 0) is 52.4 Å². The molecular weight excluding hydrogens is 474 g/mol. The maximum atomic E-state index is 12.9. The summed E-state index contributed by atoms with van der Waals surface area (Å²) < 4.78 is 6.87. The monoisotopic (exact) mass is 489 g/mol. The number of benzene rings is 3. The summed E-state index contributed by atoms with van der Waals surface area (Å²) in [5.74, 6) is 0.937. The molecule has 31 heavy (non-hydrogen) atoms. The molecule has 0 saturated carbocycles. The lowest BCUT2D eigenvalue weighted by Crippen LogP contribution is -2.27. The summed E-state index contributed by atoms with van der Waals surface area (Å²) in [6, 6.07) is 25.3. The fourth-order valence-corrected chi connectivity index (χ4v) is 4.65. The largest absolute Gasteiger partial charge is 0.457 e. The molecule has 0 unspecified atom stereocenters. The van der Waals surface area contributed by atoms with E-state index in [1.165, 1.54) is 4.90 Å². The number of carbonyl (C=O) groups excluding carboxylic acids is 2. The molecule has 6 heteroatoms. The maximum Gasteiger partial charge on any atom is 0.293 e. The number of nitrogens with zero attached hydrogens (tertiary/aromatic N) is 1. The molecule has 2 amide bonds. The highest BCUT2D eigenvalue weighted by Gasteiger charge is 2.35. The average molecular weight is 490 g/mol. The van der Waals surface area contributed by atoms with Gasteiger partial charge >= 0.3 is 0 Å². The van der Waals surface area contributed by atoms with Gasteiger partial charge in [0.1, 0.15) is 11.5 Å². The van der Waals surface area contributed by atoms with Crippen LogP contribution in [0, 0.1) is 0 Å². The number of fused-ring (bicyclic) bond motifs is 1. The van der Waals surface area contributed by atoms with E-state index in [1.807, 2.05) is 72.8 Å². The quantitative estimate of drug-likeness (QED) is 0.287. The van der Waals surface area contributed by atoms with Crippen LogP contribution >= 0.6 is 27.7 Å². The highest BCUT2D eigenvalue weighted by atomic mass is 79.9. The molecule has 152 valence electrons. The highest BCUT2D eigenvalue weighted by molar-refractivity contribution is 9.10. The molecule has 1 aromatic heterocycles. The lowest BCUT2D eigenvalue weighted by Gasteiger charge is -2.14. The zero-order chi connectivity index (χ0) is 21.4. The number of thioether (sulfide) groups is 1. The second-order valence-corrected chi connectivity index (χ2v) is 9.02. The second kappa shape index (κ2) is 8.21. The van der Waals surface area contributed by atoms with Crippen LogP contribution in [0.15, 0.2) is 92.7 Å². The summed E-state index contributed by atoms with van der Waals surface area (Å²) in [7, 11) is 0. The molecule has 1 fully saturated rings. The second-order valence-electron chi connectivity index (χ2n) is 7.12. The van der Waals surface area contributed by atoms with Crippen molar-refractivity contribution < 1.29 is 14.0 Å². The van der Waals surface area contributed by atoms with Gasteiger partial charge in [-0.25, -0.2) is 0 Å². The molecule has 3 aromatic carbocycles. The zero-order valence-corrected chi connectivity index (χ0v) is 18.7. The first-order valence-corrected chi connectivity index (χ1v) is 11.3. The Labute approximate surface area is 191 Å². The smallest absolute Gasteiger partial charge is 0.293 e. The Morgan fingerprint density at radius 3 is 2.52 bits per heavy atom. The van der Waals surface area contributed by atoms with Crippen molar-refractivity contribution >= 4 is 55.7 Å². The number of furan rings is 1. The molecule has 0 N–H and O–H groups in total. The van der Waals surface area contributed by atoms with E-state index >= 15 is 0 Å². The number of imide groups is 1. The number of rotatable bonds is 4. The van der Waals surface area contributed by atoms with Crippen molar-refractivity contribution in [3.05, 3.63) is 99.6 Å². The van der Waals surface area contributed by atoms with Gasteiger partial charge in [-0.2, -0.15) is 0 Å². The van der Waals surface area contributed by atoms with Gasteiger partial charge in [-0.15, -0.1) is 0 Å². The Bertz CT molecular complexity index is 1340. The van der Waals surface area contributed by atoms with E-state index < -0.39 is 0 Å². The number of amides is 2. The molecule has 1 aliphatic rings. The van der Waals surface area contributed by atoms with Gasteiger partial charge in [-0.3, -0.25) is 14.5 Å². The van der Waals surface area contributed by atoms with Crippen LogP contribution in [0.2, 0.25) is 0 Å². The van der Waals surface area contributed by atoms with Gasteiger partial charge in [0.2, 0.25) is 0 Å². The minimum absolute atomic E-state index is 0.242. The van der Waals surface area contributed by atoms with Gasteiger partial charge in [-0.1, -0.05) is 70.5 Å². The van der Waals surface area contributed by atoms with Crippen molar-refractivity contribution in [1.29, 1.82) is 0 Å². The number of hydrogen-bond acceptors (Lipinski definition) is 4. The molecule has 5 rings (SSSR count). The van der Waals surface area contributed by atoms with Crippen molar-refractivity contribution in [3.8, 4) is 11.3 Å². The van der Waals surface area contributed by atoms with Gasteiger partial charge in [0.15, 0.2) is 0 Å². The van der Waals surface area contributed by atoms with Crippen LogP contribution in [0.25, 0.3) is 28.2 Å². The number of carbonyl (C=O) groups is 2. The molecule has 4 nitrogen and oxygen atoms in total. The summed E-state index contributed by atoms with van der Waals surface area (Å²) in [4.78, 5) is 27.2. The van der Waals surface area contributed by atoms with Crippen molar-refractivity contribution in [2.24, 2.45) is 0 Å². The Hall–Kier alpha value is -3.09. The third-order valence-electron chi connectivity index (χ3n) is 5.11. The van der Waals surface area contributed by atoms with Crippen molar-refractivity contribution in [3.63, 3.8) is 0 Å². The summed E-state index contributed by atoms with van der Waals surface area (Å²) in [6.07, 6.45) is 1.64. The third kappa shape index (κ3) is 3.96. The maximum absolute atomic E-state index is 12.9. The Kier molecular flexibility index (Phi) is 5.26. The van der Waals surface area contributed by atoms with E-state index in [9.17, 15) is 9.59 Å². The molecule has 2 heterocycles. The molecule has 4 aromatic rings. The predicted molar refractivity (Wildman–Crippen MR) is 127 cm³/mol. The standard InChI is InChI=1S/C25H16BrNO3S/c26-19-10-8-17(9-11-19)22-13-12-20(30-22)14-23-24(28)27(25(29)31-23)15-18-6-3-5-16-4-1-2-7-21(16)18/h1-14H,15H2/b23-14+. The molecular formula is C25H16BrNO3S. The topological polar surface area (TPSA) is 50.5 Å². The van der Waals surface area contributed by atoms with Crippen molar-refractivity contribution in [1.82, 2.24) is 4.90 Å². The molecule has 1 aliphatic heterocycles. The van der Waals surface area contributed by atoms with Crippen LogP contribution < -0.4 is 0 Å². The zero-order valence-electron chi connectivity index (χ0n) is 16.2. The van der Waals surface area contributed by atoms with Crippen molar-refractivity contribution in [2.75, 3.05) is 0 Å².